The van der Waals surface area contributed by atoms with Crippen molar-refractivity contribution < 1.29 is 18.1 Å². The molecular formula is C12H10F3N5O2. The number of benzene rings is 1. The van der Waals surface area contributed by atoms with Crippen LogP contribution in [0.3, 0.4) is 0 Å². The fourth-order valence-corrected chi connectivity index (χ4v) is 1.81. The standard InChI is InChI=1S/C12H10F3N5O2/c13-12(14,15)19-11-17-8(6-7-4-2-1-3-5-7)9(20(21)22)10(16)18-11/h1-5H,6H2,(H3,16,17,18,19). The molecule has 0 fully saturated rings. The Morgan fingerprint density at radius 1 is 1.23 bits per heavy atom. The topological polar surface area (TPSA) is 107 Å². The molecular weight excluding hydrogens is 303 g/mol. The molecule has 1 heterocycles. The monoisotopic (exact) mass is 313 g/mol. The van der Waals surface area contributed by atoms with Crippen LogP contribution >= 0.6 is 0 Å². The lowest BCUT2D eigenvalue weighted by molar-refractivity contribution is -0.385. The molecule has 0 saturated heterocycles. The highest BCUT2D eigenvalue weighted by Gasteiger charge is 2.31. The lowest BCUT2D eigenvalue weighted by Crippen LogP contribution is -2.23. The summed E-state index contributed by atoms with van der Waals surface area (Å²) < 4.78 is 37.0. The van der Waals surface area contributed by atoms with Gasteiger partial charge in [-0.25, -0.2) is 4.98 Å². The summed E-state index contributed by atoms with van der Waals surface area (Å²) in [6.07, 6.45) is -4.82. The van der Waals surface area contributed by atoms with Crippen LogP contribution in [-0.2, 0) is 6.42 Å². The Kier molecular flexibility index (Phi) is 4.11. The highest BCUT2D eigenvalue weighted by atomic mass is 19.4. The molecule has 0 amide bonds. The van der Waals surface area contributed by atoms with Gasteiger partial charge in [-0.2, -0.15) is 18.2 Å². The summed E-state index contributed by atoms with van der Waals surface area (Å²) in [7, 11) is 0. The molecule has 7 nitrogen and oxygen atoms in total. The highest BCUT2D eigenvalue weighted by Crippen LogP contribution is 2.28. The zero-order valence-electron chi connectivity index (χ0n) is 11.0. The van der Waals surface area contributed by atoms with Crippen molar-refractivity contribution in [2.45, 2.75) is 12.7 Å². The first kappa shape index (κ1) is 15.5. The van der Waals surface area contributed by atoms with E-state index in [1.807, 2.05) is 0 Å². The van der Waals surface area contributed by atoms with Crippen LogP contribution < -0.4 is 11.1 Å². The Balaban J connectivity index is 2.46. The van der Waals surface area contributed by atoms with E-state index in [4.69, 9.17) is 5.73 Å². The van der Waals surface area contributed by atoms with E-state index >= 15 is 0 Å². The van der Waals surface area contributed by atoms with E-state index in [0.717, 1.165) is 5.32 Å². The van der Waals surface area contributed by atoms with Crippen LogP contribution in [0.25, 0.3) is 0 Å². The van der Waals surface area contributed by atoms with E-state index in [1.54, 1.807) is 30.3 Å². The number of nitro groups is 1. The van der Waals surface area contributed by atoms with Crippen LogP contribution in [0.15, 0.2) is 30.3 Å². The molecule has 0 aliphatic heterocycles. The molecule has 116 valence electrons. The summed E-state index contributed by atoms with van der Waals surface area (Å²) in [5.74, 6) is -1.46. The Labute approximate surface area is 122 Å². The van der Waals surface area contributed by atoms with Crippen molar-refractivity contribution in [3.63, 3.8) is 0 Å². The molecule has 10 heteroatoms. The van der Waals surface area contributed by atoms with Crippen LogP contribution in [0.5, 0.6) is 0 Å². The second-order valence-corrected chi connectivity index (χ2v) is 4.27. The summed E-state index contributed by atoms with van der Waals surface area (Å²) in [5, 5.41) is 12.1. The van der Waals surface area contributed by atoms with Crippen molar-refractivity contribution in [2.24, 2.45) is 0 Å². The van der Waals surface area contributed by atoms with Gasteiger partial charge < -0.3 is 5.73 Å². The van der Waals surface area contributed by atoms with Gasteiger partial charge in [0.1, 0.15) is 5.69 Å². The number of halogens is 3. The number of nitrogens with zero attached hydrogens (tertiary/aromatic N) is 3. The Hall–Kier alpha value is -2.91. The molecule has 1 aromatic carbocycles. The number of aromatic nitrogens is 2. The molecule has 22 heavy (non-hydrogen) atoms. The molecule has 2 aromatic rings. The van der Waals surface area contributed by atoms with Crippen LogP contribution in [0.2, 0.25) is 0 Å². The van der Waals surface area contributed by atoms with Crippen molar-refractivity contribution >= 4 is 17.5 Å². The Morgan fingerprint density at radius 3 is 2.41 bits per heavy atom. The number of nitrogen functional groups attached to an aromatic ring is 1. The van der Waals surface area contributed by atoms with Gasteiger partial charge in [0.2, 0.25) is 11.8 Å². The predicted octanol–water partition coefficient (Wildman–Crippen LogP) is 2.49. The van der Waals surface area contributed by atoms with E-state index in [1.165, 1.54) is 0 Å². The zero-order chi connectivity index (χ0) is 16.3. The van der Waals surface area contributed by atoms with Gasteiger partial charge in [-0.1, -0.05) is 30.3 Å². The van der Waals surface area contributed by atoms with E-state index < -0.39 is 28.7 Å². The zero-order valence-corrected chi connectivity index (χ0v) is 11.0. The Bertz CT molecular complexity index is 691. The second kappa shape index (κ2) is 5.84. The molecule has 0 bridgehead atoms. The van der Waals surface area contributed by atoms with Gasteiger partial charge in [0.05, 0.1) is 4.92 Å². The van der Waals surface area contributed by atoms with Crippen LogP contribution in [0.4, 0.5) is 30.6 Å². The minimum Gasteiger partial charge on any atom is -0.378 e. The number of hydrogen-bond acceptors (Lipinski definition) is 6. The summed E-state index contributed by atoms with van der Waals surface area (Å²) in [6.45, 7) is 0. The number of anilines is 2. The Morgan fingerprint density at radius 2 is 1.86 bits per heavy atom. The van der Waals surface area contributed by atoms with Crippen molar-refractivity contribution in [1.29, 1.82) is 0 Å². The average Bonchev–Trinajstić information content (AvgIpc) is 2.36. The molecule has 0 spiro atoms. The molecule has 3 N–H and O–H groups in total. The minimum absolute atomic E-state index is 0.0452. The van der Waals surface area contributed by atoms with Crippen molar-refractivity contribution in [1.82, 2.24) is 9.97 Å². The van der Waals surface area contributed by atoms with Crippen LogP contribution in [-0.4, -0.2) is 21.2 Å². The smallest absolute Gasteiger partial charge is 0.378 e. The first-order chi connectivity index (χ1) is 10.3. The van der Waals surface area contributed by atoms with Crippen molar-refractivity contribution in [3.8, 4) is 0 Å². The third-order valence-electron chi connectivity index (χ3n) is 2.63. The third-order valence-corrected chi connectivity index (χ3v) is 2.63. The van der Waals surface area contributed by atoms with Gasteiger partial charge in [-0.3, -0.25) is 15.4 Å². The highest BCUT2D eigenvalue weighted by molar-refractivity contribution is 5.59. The fourth-order valence-electron chi connectivity index (χ4n) is 1.81. The van der Waals surface area contributed by atoms with Gasteiger partial charge in [0.15, 0.2) is 0 Å². The van der Waals surface area contributed by atoms with E-state index in [0.29, 0.717) is 5.56 Å². The van der Waals surface area contributed by atoms with Crippen LogP contribution in [0, 0.1) is 10.1 Å². The number of rotatable bonds is 4. The van der Waals surface area contributed by atoms with E-state index in [2.05, 4.69) is 9.97 Å². The molecule has 0 aliphatic carbocycles. The average molecular weight is 313 g/mol. The fraction of sp³-hybridized carbons (Fsp3) is 0.167. The normalized spacial score (nSPS) is 11.2. The summed E-state index contributed by atoms with van der Waals surface area (Å²) in [4.78, 5) is 17.1. The third kappa shape index (κ3) is 3.81. The number of alkyl halides is 3. The number of nitrogens with one attached hydrogen (secondary N) is 1. The van der Waals surface area contributed by atoms with E-state index in [9.17, 15) is 23.3 Å². The first-order valence-corrected chi connectivity index (χ1v) is 5.96. The maximum atomic E-state index is 12.3. The van der Waals surface area contributed by atoms with Crippen molar-refractivity contribution in [2.75, 3.05) is 11.1 Å². The van der Waals surface area contributed by atoms with Gasteiger partial charge in [0, 0.05) is 6.42 Å². The predicted molar refractivity (Wildman–Crippen MR) is 72.0 cm³/mol. The summed E-state index contributed by atoms with van der Waals surface area (Å²) in [6, 6.07) is 8.46. The molecule has 0 aliphatic rings. The molecule has 1 aromatic heterocycles. The molecule has 0 radical (unpaired) electrons. The molecule has 0 saturated carbocycles. The maximum absolute atomic E-state index is 12.3. The number of hydrogen-bond donors (Lipinski definition) is 2. The molecule has 2 rings (SSSR count). The largest absolute Gasteiger partial charge is 0.484 e. The lowest BCUT2D eigenvalue weighted by Gasteiger charge is -2.11. The minimum atomic E-state index is -4.77. The second-order valence-electron chi connectivity index (χ2n) is 4.27. The quantitative estimate of drug-likeness (QED) is 0.510. The van der Waals surface area contributed by atoms with Gasteiger partial charge in [-0.05, 0) is 5.56 Å². The number of nitrogens with two attached hydrogens (primary N) is 1. The van der Waals surface area contributed by atoms with Crippen LogP contribution in [0.1, 0.15) is 11.3 Å². The van der Waals surface area contributed by atoms with E-state index in [-0.39, 0.29) is 12.1 Å². The van der Waals surface area contributed by atoms with Gasteiger partial charge in [-0.15, -0.1) is 0 Å². The van der Waals surface area contributed by atoms with Gasteiger partial charge >= 0.3 is 12.0 Å². The van der Waals surface area contributed by atoms with Crippen molar-refractivity contribution in [3.05, 3.63) is 51.7 Å². The summed E-state index contributed by atoms with van der Waals surface area (Å²) in [5.41, 5.74) is 5.24. The molecule has 0 unspecified atom stereocenters. The molecule has 0 atom stereocenters. The lowest BCUT2D eigenvalue weighted by atomic mass is 10.1. The SMILES string of the molecule is Nc1nc(NC(F)(F)F)nc(Cc2ccccc2)c1[N+](=O)[O-]. The first-order valence-electron chi connectivity index (χ1n) is 5.96. The maximum Gasteiger partial charge on any atom is 0.484 e. The summed E-state index contributed by atoms with van der Waals surface area (Å²) >= 11 is 0. The van der Waals surface area contributed by atoms with Gasteiger partial charge in [0.25, 0.3) is 0 Å².